The number of benzene rings is 1. The summed E-state index contributed by atoms with van der Waals surface area (Å²) in [5, 5.41) is 10.4. The molecule has 5 nitrogen and oxygen atoms in total. The van der Waals surface area contributed by atoms with Crippen LogP contribution >= 0.6 is 0 Å². The molecule has 0 spiro atoms. The van der Waals surface area contributed by atoms with Crippen molar-refractivity contribution < 1.29 is 24.1 Å². The van der Waals surface area contributed by atoms with Gasteiger partial charge in [0.2, 0.25) is 5.60 Å². The Labute approximate surface area is 142 Å². The first-order valence-electron chi connectivity index (χ1n) is 8.31. The molecule has 1 aliphatic rings. The normalized spacial score (nSPS) is 19.7. The van der Waals surface area contributed by atoms with Crippen LogP contribution in [-0.4, -0.2) is 36.2 Å². The van der Waals surface area contributed by atoms with Crippen molar-refractivity contribution >= 4 is 5.97 Å². The minimum Gasteiger partial charge on any atom is -0.458 e. The van der Waals surface area contributed by atoms with Crippen LogP contribution in [0.3, 0.4) is 0 Å². The lowest BCUT2D eigenvalue weighted by Gasteiger charge is -2.21. The fraction of sp³-hybridized carbons (Fsp3) is 0.526. The Morgan fingerprint density at radius 2 is 2.17 bits per heavy atom. The maximum absolute atomic E-state index is 12.1. The Morgan fingerprint density at radius 3 is 2.83 bits per heavy atom. The van der Waals surface area contributed by atoms with E-state index in [1.54, 1.807) is 6.92 Å². The monoisotopic (exact) mass is 332 g/mol. The number of aliphatic hydroxyl groups is 1. The molecule has 2 rings (SSSR count). The summed E-state index contributed by atoms with van der Waals surface area (Å²) >= 11 is 0. The molecule has 1 aromatic rings. The topological polar surface area (TPSA) is 65.0 Å². The van der Waals surface area contributed by atoms with Crippen LogP contribution in [0.25, 0.3) is 0 Å². The summed E-state index contributed by atoms with van der Waals surface area (Å²) in [5.41, 5.74) is -0.957. The van der Waals surface area contributed by atoms with Crippen molar-refractivity contribution in [3.8, 4) is 11.8 Å². The van der Waals surface area contributed by atoms with Crippen LogP contribution in [0.5, 0.6) is 0 Å². The molecule has 0 aromatic heterocycles. The van der Waals surface area contributed by atoms with E-state index in [9.17, 15) is 9.90 Å². The van der Waals surface area contributed by atoms with Gasteiger partial charge in [0.05, 0.1) is 0 Å². The van der Waals surface area contributed by atoms with Crippen molar-refractivity contribution in [2.75, 3.05) is 13.2 Å². The molecule has 5 heteroatoms. The van der Waals surface area contributed by atoms with Gasteiger partial charge in [-0.3, -0.25) is 0 Å². The predicted molar refractivity (Wildman–Crippen MR) is 88.8 cm³/mol. The third-order valence-electron chi connectivity index (χ3n) is 3.84. The molecule has 0 radical (unpaired) electrons. The predicted octanol–water partition coefficient (Wildman–Crippen LogP) is 2.42. The van der Waals surface area contributed by atoms with Crippen molar-refractivity contribution in [3.05, 3.63) is 35.9 Å². The Bertz CT molecular complexity index is 568. The van der Waals surface area contributed by atoms with Crippen LogP contribution in [-0.2, 0) is 25.6 Å². The lowest BCUT2D eigenvalue weighted by atomic mass is 10.0. The van der Waals surface area contributed by atoms with Gasteiger partial charge in [0, 0.05) is 6.61 Å². The standard InChI is InChI=1S/C19H24O5/c1-2-19(21,12-8-14-23-17-11-6-7-13-22-17)18(20)24-15-16-9-4-3-5-10-16/h3-5,9-10,17,21H,2,6-7,11,13-15H2,1H3. The lowest BCUT2D eigenvalue weighted by molar-refractivity contribution is -0.161. The van der Waals surface area contributed by atoms with Crippen LogP contribution < -0.4 is 0 Å². The second-order valence-electron chi connectivity index (χ2n) is 5.68. The van der Waals surface area contributed by atoms with Gasteiger partial charge in [-0.1, -0.05) is 49.1 Å². The summed E-state index contributed by atoms with van der Waals surface area (Å²) in [6.45, 7) is 2.60. The van der Waals surface area contributed by atoms with Gasteiger partial charge in [-0.25, -0.2) is 4.79 Å². The van der Waals surface area contributed by atoms with Crippen molar-refractivity contribution in [3.63, 3.8) is 0 Å². The molecule has 0 aliphatic carbocycles. The van der Waals surface area contributed by atoms with Gasteiger partial charge >= 0.3 is 5.97 Å². The number of hydrogen-bond acceptors (Lipinski definition) is 5. The molecular weight excluding hydrogens is 308 g/mol. The van der Waals surface area contributed by atoms with Crippen molar-refractivity contribution in [2.24, 2.45) is 0 Å². The fourth-order valence-corrected chi connectivity index (χ4v) is 2.29. The SMILES string of the molecule is CCC(O)(C#CCOC1CCCCO1)C(=O)OCc1ccccc1. The number of esters is 1. The molecular formula is C19H24O5. The molecule has 1 aliphatic heterocycles. The molecule has 1 fully saturated rings. The highest BCUT2D eigenvalue weighted by atomic mass is 16.7. The summed E-state index contributed by atoms with van der Waals surface area (Å²) in [6.07, 6.45) is 2.87. The lowest BCUT2D eigenvalue weighted by Crippen LogP contribution is -2.38. The number of carbonyl (C=O) groups is 1. The summed E-state index contributed by atoms with van der Waals surface area (Å²) in [4.78, 5) is 12.1. The maximum Gasteiger partial charge on any atom is 0.351 e. The number of rotatable bonds is 6. The van der Waals surface area contributed by atoms with E-state index in [0.29, 0.717) is 6.61 Å². The van der Waals surface area contributed by atoms with Crippen molar-refractivity contribution in [2.45, 2.75) is 51.1 Å². The Hall–Kier alpha value is -1.87. The van der Waals surface area contributed by atoms with E-state index in [0.717, 1.165) is 24.8 Å². The van der Waals surface area contributed by atoms with Gasteiger partial charge in [-0.05, 0) is 31.2 Å². The highest BCUT2D eigenvalue weighted by molar-refractivity contribution is 5.83. The van der Waals surface area contributed by atoms with Gasteiger partial charge in [-0.15, -0.1) is 0 Å². The average molecular weight is 332 g/mol. The maximum atomic E-state index is 12.1. The Kier molecular flexibility index (Phi) is 7.26. The van der Waals surface area contributed by atoms with E-state index in [1.165, 1.54) is 0 Å². The fourth-order valence-electron chi connectivity index (χ4n) is 2.29. The van der Waals surface area contributed by atoms with E-state index in [4.69, 9.17) is 14.2 Å². The summed E-state index contributed by atoms with van der Waals surface area (Å²) in [5.74, 6) is 4.53. The van der Waals surface area contributed by atoms with Crippen LogP contribution in [0.4, 0.5) is 0 Å². The van der Waals surface area contributed by atoms with E-state index >= 15 is 0 Å². The Balaban J connectivity index is 1.82. The zero-order chi connectivity index (χ0) is 17.3. The van der Waals surface area contributed by atoms with Crippen LogP contribution in [0.15, 0.2) is 30.3 Å². The van der Waals surface area contributed by atoms with Gasteiger partial charge < -0.3 is 19.3 Å². The summed E-state index contributed by atoms with van der Waals surface area (Å²) in [7, 11) is 0. The number of ether oxygens (including phenoxy) is 3. The first kappa shape index (κ1) is 18.5. The third-order valence-corrected chi connectivity index (χ3v) is 3.84. The highest BCUT2D eigenvalue weighted by Gasteiger charge is 2.33. The third kappa shape index (κ3) is 5.64. The summed E-state index contributed by atoms with van der Waals surface area (Å²) < 4.78 is 16.1. The molecule has 2 unspecified atom stereocenters. The highest BCUT2D eigenvalue weighted by Crippen LogP contribution is 2.14. The van der Waals surface area contributed by atoms with Crippen molar-refractivity contribution in [1.29, 1.82) is 0 Å². The van der Waals surface area contributed by atoms with Crippen LogP contribution in [0.2, 0.25) is 0 Å². The minimum atomic E-state index is -1.81. The molecule has 1 heterocycles. The molecule has 1 saturated heterocycles. The van der Waals surface area contributed by atoms with E-state index < -0.39 is 11.6 Å². The zero-order valence-electron chi connectivity index (χ0n) is 14.0. The van der Waals surface area contributed by atoms with E-state index in [2.05, 4.69) is 11.8 Å². The van der Waals surface area contributed by atoms with Gasteiger partial charge in [0.1, 0.15) is 13.2 Å². The molecule has 0 saturated carbocycles. The minimum absolute atomic E-state index is 0.107. The largest absolute Gasteiger partial charge is 0.458 e. The Morgan fingerprint density at radius 1 is 1.38 bits per heavy atom. The van der Waals surface area contributed by atoms with E-state index in [1.807, 2.05) is 30.3 Å². The number of hydrogen-bond donors (Lipinski definition) is 1. The summed E-state index contributed by atoms with van der Waals surface area (Å²) in [6, 6.07) is 9.30. The average Bonchev–Trinajstić information content (AvgIpc) is 2.64. The van der Waals surface area contributed by atoms with Gasteiger partial charge in [-0.2, -0.15) is 0 Å². The van der Waals surface area contributed by atoms with Crippen LogP contribution in [0, 0.1) is 11.8 Å². The zero-order valence-corrected chi connectivity index (χ0v) is 14.0. The second-order valence-corrected chi connectivity index (χ2v) is 5.68. The first-order valence-corrected chi connectivity index (χ1v) is 8.31. The van der Waals surface area contributed by atoms with Gasteiger partial charge in [0.25, 0.3) is 0 Å². The molecule has 0 bridgehead atoms. The van der Waals surface area contributed by atoms with Crippen LogP contribution in [0.1, 0.15) is 38.2 Å². The number of carbonyl (C=O) groups excluding carboxylic acids is 1. The molecule has 0 amide bonds. The molecule has 1 N–H and O–H groups in total. The second kappa shape index (κ2) is 9.43. The molecule has 24 heavy (non-hydrogen) atoms. The molecule has 2 atom stereocenters. The van der Waals surface area contributed by atoms with Crippen molar-refractivity contribution in [1.82, 2.24) is 0 Å². The molecule has 130 valence electrons. The smallest absolute Gasteiger partial charge is 0.351 e. The van der Waals surface area contributed by atoms with E-state index in [-0.39, 0.29) is 25.9 Å². The first-order chi connectivity index (χ1) is 11.6. The quantitative estimate of drug-likeness (QED) is 0.640. The molecule has 1 aromatic carbocycles. The van der Waals surface area contributed by atoms with Gasteiger partial charge in [0.15, 0.2) is 6.29 Å².